The van der Waals surface area contributed by atoms with Crippen LogP contribution in [0.5, 0.6) is 5.75 Å². The fourth-order valence-corrected chi connectivity index (χ4v) is 4.12. The number of anilines is 2. The van der Waals surface area contributed by atoms with Gasteiger partial charge in [-0.1, -0.05) is 54.6 Å². The van der Waals surface area contributed by atoms with Crippen molar-refractivity contribution in [3.63, 3.8) is 0 Å². The van der Waals surface area contributed by atoms with Gasteiger partial charge in [-0.3, -0.25) is 0 Å². The Hall–Kier alpha value is -4.06. The van der Waals surface area contributed by atoms with Crippen LogP contribution in [-0.4, -0.2) is 31.9 Å². The summed E-state index contributed by atoms with van der Waals surface area (Å²) in [7, 11) is 0. The van der Waals surface area contributed by atoms with Crippen molar-refractivity contribution in [3.05, 3.63) is 102 Å². The molecule has 0 atom stereocenters. The first-order valence-electron chi connectivity index (χ1n) is 11.8. The van der Waals surface area contributed by atoms with Gasteiger partial charge in [-0.25, -0.2) is 14.5 Å². The smallest absolute Gasteiger partial charge is 0.419 e. The first kappa shape index (κ1) is 24.1. The van der Waals surface area contributed by atoms with E-state index in [9.17, 15) is 9.59 Å². The highest BCUT2D eigenvalue weighted by Gasteiger charge is 2.21. The predicted molar refractivity (Wildman–Crippen MR) is 135 cm³/mol. The number of hydrogen-bond acceptors (Lipinski definition) is 5. The van der Waals surface area contributed by atoms with E-state index in [0.29, 0.717) is 18.8 Å². The van der Waals surface area contributed by atoms with E-state index in [4.69, 9.17) is 14.2 Å². The van der Waals surface area contributed by atoms with Crippen LogP contribution in [0.15, 0.2) is 90.5 Å². The van der Waals surface area contributed by atoms with E-state index in [1.54, 1.807) is 11.8 Å². The van der Waals surface area contributed by atoms with Crippen molar-refractivity contribution in [2.45, 2.75) is 26.2 Å². The van der Waals surface area contributed by atoms with Crippen LogP contribution in [0.25, 0.3) is 0 Å². The van der Waals surface area contributed by atoms with Gasteiger partial charge in [-0.15, -0.1) is 0 Å². The zero-order chi connectivity index (χ0) is 24.5. The van der Waals surface area contributed by atoms with Crippen molar-refractivity contribution in [1.82, 2.24) is 0 Å². The summed E-state index contributed by atoms with van der Waals surface area (Å²) in [5.41, 5.74) is 4.69. The third kappa shape index (κ3) is 6.29. The van der Waals surface area contributed by atoms with E-state index in [2.05, 4.69) is 6.08 Å². The Morgan fingerprint density at radius 2 is 1.54 bits per heavy atom. The Morgan fingerprint density at radius 1 is 0.857 bits per heavy atom. The zero-order valence-corrected chi connectivity index (χ0v) is 19.8. The topological polar surface area (TPSA) is 65.1 Å². The molecule has 1 aliphatic carbocycles. The standard InChI is InChI=1S/C29H29NO5/c1-2-33-28(31)21-34-27-18-10-12-23-19-22(11-9-17-26(23)27)20-35-29(32)30(24-13-5-3-6-14-24)25-15-7-4-8-16-25/h3-8,10-16,18H,2,9,17,19-21H2,1H3. The van der Waals surface area contributed by atoms with Crippen molar-refractivity contribution < 1.29 is 23.8 Å². The molecule has 6 heteroatoms. The Bertz CT molecular complexity index is 1130. The SMILES string of the molecule is CCOC(=O)COc1cccc2c1CCC=C(COC(=O)N(c1ccccc1)c1ccccc1)C2. The lowest BCUT2D eigenvalue weighted by molar-refractivity contribution is -0.145. The highest BCUT2D eigenvalue weighted by atomic mass is 16.6. The second kappa shape index (κ2) is 11.9. The van der Waals surface area contributed by atoms with Gasteiger partial charge in [-0.05, 0) is 73.2 Å². The van der Waals surface area contributed by atoms with Crippen LogP contribution in [0.3, 0.4) is 0 Å². The molecule has 0 fully saturated rings. The first-order valence-corrected chi connectivity index (χ1v) is 11.8. The molecule has 0 spiro atoms. The van der Waals surface area contributed by atoms with Crippen molar-refractivity contribution in [1.29, 1.82) is 0 Å². The predicted octanol–water partition coefficient (Wildman–Crippen LogP) is 6.02. The molecule has 0 N–H and O–H groups in total. The molecule has 0 heterocycles. The van der Waals surface area contributed by atoms with E-state index in [1.165, 1.54) is 0 Å². The van der Waals surface area contributed by atoms with Crippen molar-refractivity contribution in [2.75, 3.05) is 24.7 Å². The maximum atomic E-state index is 13.2. The van der Waals surface area contributed by atoms with Gasteiger partial charge >= 0.3 is 12.1 Å². The Morgan fingerprint density at radius 3 is 2.20 bits per heavy atom. The summed E-state index contributed by atoms with van der Waals surface area (Å²) in [5.74, 6) is 0.312. The summed E-state index contributed by atoms with van der Waals surface area (Å²) >= 11 is 0. The molecule has 180 valence electrons. The fourth-order valence-electron chi connectivity index (χ4n) is 4.12. The summed E-state index contributed by atoms with van der Waals surface area (Å²) in [6.45, 7) is 2.18. The second-order valence-electron chi connectivity index (χ2n) is 8.13. The van der Waals surface area contributed by atoms with E-state index in [-0.39, 0.29) is 19.2 Å². The zero-order valence-electron chi connectivity index (χ0n) is 19.8. The van der Waals surface area contributed by atoms with Crippen LogP contribution < -0.4 is 9.64 Å². The molecule has 3 aromatic rings. The molecule has 0 aromatic heterocycles. The van der Waals surface area contributed by atoms with Crippen molar-refractivity contribution in [3.8, 4) is 5.75 Å². The molecule has 0 saturated heterocycles. The van der Waals surface area contributed by atoms with Gasteiger partial charge in [0.25, 0.3) is 0 Å². The molecule has 0 saturated carbocycles. The number of fused-ring (bicyclic) bond motifs is 1. The average Bonchev–Trinajstić information content (AvgIpc) is 3.10. The first-order chi connectivity index (χ1) is 17.2. The van der Waals surface area contributed by atoms with E-state index in [1.807, 2.05) is 78.9 Å². The minimum atomic E-state index is -0.431. The molecule has 3 aromatic carbocycles. The Kier molecular flexibility index (Phi) is 8.17. The monoisotopic (exact) mass is 471 g/mol. The van der Waals surface area contributed by atoms with E-state index in [0.717, 1.165) is 40.9 Å². The van der Waals surface area contributed by atoms with Crippen LogP contribution in [0.1, 0.15) is 24.5 Å². The molecule has 6 nitrogen and oxygen atoms in total. The van der Waals surface area contributed by atoms with E-state index < -0.39 is 6.09 Å². The number of benzene rings is 3. The maximum absolute atomic E-state index is 13.2. The van der Waals surface area contributed by atoms with Crippen LogP contribution in [-0.2, 0) is 27.1 Å². The van der Waals surface area contributed by atoms with Gasteiger partial charge in [-0.2, -0.15) is 0 Å². The van der Waals surface area contributed by atoms with Crippen LogP contribution in [0, 0.1) is 0 Å². The van der Waals surface area contributed by atoms with Crippen molar-refractivity contribution in [2.24, 2.45) is 0 Å². The third-order valence-electron chi connectivity index (χ3n) is 5.72. The lowest BCUT2D eigenvalue weighted by atomic mass is 10.00. The van der Waals surface area contributed by atoms with Crippen molar-refractivity contribution >= 4 is 23.4 Å². The van der Waals surface area contributed by atoms with Gasteiger partial charge in [0.2, 0.25) is 0 Å². The summed E-state index contributed by atoms with van der Waals surface area (Å²) in [5, 5.41) is 0. The number of amides is 1. The van der Waals surface area contributed by atoms with Crippen LogP contribution in [0.4, 0.5) is 16.2 Å². The molecule has 1 aliphatic rings. The van der Waals surface area contributed by atoms with E-state index >= 15 is 0 Å². The van der Waals surface area contributed by atoms with Gasteiger partial charge in [0.1, 0.15) is 12.4 Å². The van der Waals surface area contributed by atoms with Crippen LogP contribution in [0.2, 0.25) is 0 Å². The highest BCUT2D eigenvalue weighted by Crippen LogP contribution is 2.30. The fraction of sp³-hybridized carbons (Fsp3) is 0.241. The number of para-hydroxylation sites is 2. The minimum Gasteiger partial charge on any atom is -0.482 e. The summed E-state index contributed by atoms with van der Waals surface area (Å²) < 4.78 is 16.5. The maximum Gasteiger partial charge on any atom is 0.419 e. The van der Waals surface area contributed by atoms with Gasteiger partial charge < -0.3 is 14.2 Å². The Balaban J connectivity index is 1.44. The normalized spacial score (nSPS) is 12.5. The number of nitrogens with zero attached hydrogens (tertiary/aromatic N) is 1. The average molecular weight is 472 g/mol. The molecule has 1 amide bonds. The third-order valence-corrected chi connectivity index (χ3v) is 5.72. The van der Waals surface area contributed by atoms with Crippen LogP contribution >= 0.6 is 0 Å². The summed E-state index contributed by atoms with van der Waals surface area (Å²) in [4.78, 5) is 26.5. The number of esters is 1. The Labute approximate surface area is 205 Å². The van der Waals surface area contributed by atoms with Gasteiger partial charge in [0.15, 0.2) is 6.61 Å². The molecule has 0 unspecified atom stereocenters. The highest BCUT2D eigenvalue weighted by molar-refractivity contribution is 5.96. The molecule has 35 heavy (non-hydrogen) atoms. The molecule has 0 bridgehead atoms. The molecule has 0 aliphatic heterocycles. The number of carbonyl (C=O) groups excluding carboxylic acids is 2. The molecule has 0 radical (unpaired) electrons. The number of allylic oxidation sites excluding steroid dienone is 1. The summed E-state index contributed by atoms with van der Waals surface area (Å²) in [6.07, 6.45) is 3.92. The molecular formula is C29H29NO5. The largest absolute Gasteiger partial charge is 0.482 e. The van der Waals surface area contributed by atoms with Gasteiger partial charge in [0.05, 0.1) is 18.0 Å². The lowest BCUT2D eigenvalue weighted by Gasteiger charge is -2.22. The number of rotatable bonds is 8. The van der Waals surface area contributed by atoms with Gasteiger partial charge in [0, 0.05) is 0 Å². The minimum absolute atomic E-state index is 0.114. The second-order valence-corrected chi connectivity index (χ2v) is 8.13. The summed E-state index contributed by atoms with van der Waals surface area (Å²) in [6, 6.07) is 24.8. The lowest BCUT2D eigenvalue weighted by Crippen LogP contribution is -2.27. The molecular weight excluding hydrogens is 442 g/mol. The number of hydrogen-bond donors (Lipinski definition) is 0. The number of ether oxygens (including phenoxy) is 3. The molecule has 4 rings (SSSR count). The number of carbonyl (C=O) groups is 2. The quantitative estimate of drug-likeness (QED) is 0.297.